The van der Waals surface area contributed by atoms with Crippen molar-refractivity contribution in [1.29, 1.82) is 5.26 Å². The van der Waals surface area contributed by atoms with E-state index in [1.54, 1.807) is 0 Å². The molecule has 0 amide bonds. The van der Waals surface area contributed by atoms with Crippen LogP contribution in [0.3, 0.4) is 0 Å². The van der Waals surface area contributed by atoms with Crippen LogP contribution in [0.2, 0.25) is 5.32 Å². The van der Waals surface area contributed by atoms with Crippen molar-refractivity contribution >= 4 is 31.0 Å². The fourth-order valence-electron chi connectivity index (χ4n) is 0.723. The second-order valence-electron chi connectivity index (χ2n) is 2.22. The van der Waals surface area contributed by atoms with E-state index in [1.807, 2.05) is 24.3 Å². The van der Waals surface area contributed by atoms with E-state index < -0.39 is 0 Å². The van der Waals surface area contributed by atoms with Gasteiger partial charge < -0.3 is 0 Å². The Morgan fingerprint density at radius 3 is 2.67 bits per heavy atom. The van der Waals surface area contributed by atoms with Crippen molar-refractivity contribution in [2.45, 2.75) is 10.7 Å². The van der Waals surface area contributed by atoms with Gasteiger partial charge in [0.2, 0.25) is 0 Å². The van der Waals surface area contributed by atoms with Gasteiger partial charge in [0, 0.05) is 0 Å². The van der Waals surface area contributed by atoms with Gasteiger partial charge in [-0.1, -0.05) is 0 Å². The quantitative estimate of drug-likeness (QED) is 0.585. The molecule has 0 aliphatic carbocycles. The van der Waals surface area contributed by atoms with Crippen molar-refractivity contribution in [2.75, 3.05) is 0 Å². The summed E-state index contributed by atoms with van der Waals surface area (Å²) in [5.74, 6) is 0. The Kier molecular flexibility index (Phi) is 4.18. The molecule has 3 heteroatoms. The second-order valence-corrected chi connectivity index (χ2v) is 5.04. The fraction of sp³-hybridized carbons (Fsp3) is 0.222. The van der Waals surface area contributed by atoms with Crippen LogP contribution in [-0.2, 0) is 0 Å². The topological polar surface area (TPSA) is 23.8 Å². The van der Waals surface area contributed by atoms with E-state index in [9.17, 15) is 0 Å². The molecule has 0 aromatic heterocycles. The third-order valence-electron chi connectivity index (χ3n) is 1.28. The Bertz CT molecular complexity index is 268. The molecule has 0 fully saturated rings. The van der Waals surface area contributed by atoms with Crippen molar-refractivity contribution in [3.8, 4) is 6.07 Å². The molecule has 0 saturated heterocycles. The molecule has 1 atom stereocenters. The molecule has 0 N–H and O–H groups in total. The van der Waals surface area contributed by atoms with E-state index in [1.165, 1.54) is 4.46 Å². The summed E-state index contributed by atoms with van der Waals surface area (Å²) in [6.07, 6.45) is 0. The second kappa shape index (κ2) is 5.22. The van der Waals surface area contributed by atoms with Crippen LogP contribution in [0.4, 0.5) is 0 Å². The summed E-state index contributed by atoms with van der Waals surface area (Å²) in [6, 6.07) is 12.2. The van der Waals surface area contributed by atoms with E-state index >= 15 is 0 Å². The molecule has 1 unspecified atom stereocenters. The average Bonchev–Trinajstić information content (AvgIpc) is 2.16. The summed E-state index contributed by atoms with van der Waals surface area (Å²) in [5.41, 5.74) is 0. The van der Waals surface area contributed by atoms with Crippen molar-refractivity contribution < 1.29 is 0 Å². The summed E-state index contributed by atoms with van der Waals surface area (Å²) in [7, 11) is 0. The molecule has 0 aliphatic heterocycles. The maximum absolute atomic E-state index is 8.44. The van der Waals surface area contributed by atoms with Gasteiger partial charge in [-0.05, 0) is 0 Å². The van der Waals surface area contributed by atoms with Crippen LogP contribution in [0.25, 0.3) is 0 Å². The van der Waals surface area contributed by atoms with Gasteiger partial charge in [0.15, 0.2) is 0 Å². The van der Waals surface area contributed by atoms with Crippen LogP contribution < -0.4 is 4.46 Å². The zero-order valence-corrected chi connectivity index (χ0v) is 8.87. The number of halogens is 1. The third kappa shape index (κ3) is 3.28. The minimum atomic E-state index is -0.329. The molecule has 1 aromatic carbocycles. The van der Waals surface area contributed by atoms with E-state index in [0.29, 0.717) is 15.0 Å². The molecular weight excluding hydrogens is 237 g/mol. The van der Waals surface area contributed by atoms with Gasteiger partial charge in [0.1, 0.15) is 0 Å². The summed E-state index contributed by atoms with van der Waals surface area (Å²) >= 11 is 6.01. The normalized spacial score (nSPS) is 12.0. The van der Waals surface area contributed by atoms with Gasteiger partial charge >= 0.3 is 83.4 Å². The van der Waals surface area contributed by atoms with Crippen LogP contribution in [0.5, 0.6) is 0 Å². The Morgan fingerprint density at radius 2 is 2.08 bits per heavy atom. The first-order valence-corrected chi connectivity index (χ1v) is 6.05. The van der Waals surface area contributed by atoms with Crippen LogP contribution in [0.1, 0.15) is 0 Å². The predicted molar refractivity (Wildman–Crippen MR) is 51.9 cm³/mol. The number of rotatable bonds is 3. The van der Waals surface area contributed by atoms with Gasteiger partial charge in [0.05, 0.1) is 0 Å². The van der Waals surface area contributed by atoms with Gasteiger partial charge in [0.25, 0.3) is 0 Å². The molecule has 1 nitrogen and oxygen atoms in total. The molecule has 1 aromatic rings. The van der Waals surface area contributed by atoms with Gasteiger partial charge in [-0.15, -0.1) is 0 Å². The van der Waals surface area contributed by atoms with E-state index in [-0.39, 0.29) is 5.38 Å². The van der Waals surface area contributed by atoms with Crippen molar-refractivity contribution in [3.63, 3.8) is 0 Å². The molecule has 0 radical (unpaired) electrons. The minimum absolute atomic E-state index is 0.329. The summed E-state index contributed by atoms with van der Waals surface area (Å²) in [5, 5.41) is 8.90. The Labute approximate surface area is 83.5 Å². The molecule has 0 saturated carbocycles. The molecule has 0 aliphatic rings. The Morgan fingerprint density at radius 1 is 1.42 bits per heavy atom. The van der Waals surface area contributed by atoms with Crippen molar-refractivity contribution in [1.82, 2.24) is 0 Å². The van der Waals surface area contributed by atoms with Crippen LogP contribution in [-0.4, -0.2) is 20.3 Å². The number of alkyl halides is 1. The first-order chi connectivity index (χ1) is 5.83. The SMILES string of the molecule is N#CC(Cl)C[Se]c1ccccc1. The number of nitriles is 1. The first kappa shape index (κ1) is 9.61. The Hall–Kier alpha value is -0.481. The van der Waals surface area contributed by atoms with Gasteiger partial charge in [-0.2, -0.15) is 0 Å². The number of nitrogens with zero attached hydrogens (tertiary/aromatic N) is 1. The number of benzene rings is 1. The van der Waals surface area contributed by atoms with Crippen LogP contribution >= 0.6 is 11.6 Å². The number of hydrogen-bond acceptors (Lipinski definition) is 1. The molecule has 12 heavy (non-hydrogen) atoms. The standard InChI is InChI=1S/C9H8ClNSe/c10-8(6-11)7-12-9-4-2-1-3-5-9/h1-5,8H,7H2. The maximum atomic E-state index is 8.44. The molecular formula is C9H8ClNSe. The molecule has 0 bridgehead atoms. The zero-order chi connectivity index (χ0) is 8.81. The Balaban J connectivity index is 2.40. The summed E-state index contributed by atoms with van der Waals surface area (Å²) in [4.78, 5) is 0. The fourth-order valence-corrected chi connectivity index (χ4v) is 2.65. The van der Waals surface area contributed by atoms with Gasteiger partial charge in [-0.3, -0.25) is 0 Å². The van der Waals surface area contributed by atoms with Crippen molar-refractivity contribution in [2.24, 2.45) is 0 Å². The summed E-state index contributed by atoms with van der Waals surface area (Å²) < 4.78 is 1.30. The van der Waals surface area contributed by atoms with E-state index in [2.05, 4.69) is 12.1 Å². The van der Waals surface area contributed by atoms with Crippen molar-refractivity contribution in [3.05, 3.63) is 30.3 Å². The van der Waals surface area contributed by atoms with E-state index in [4.69, 9.17) is 16.9 Å². The zero-order valence-electron chi connectivity index (χ0n) is 6.40. The van der Waals surface area contributed by atoms with Crippen LogP contribution in [0, 0.1) is 11.3 Å². The molecule has 0 spiro atoms. The molecule has 0 heterocycles. The molecule has 62 valence electrons. The van der Waals surface area contributed by atoms with Crippen LogP contribution in [0.15, 0.2) is 30.3 Å². The van der Waals surface area contributed by atoms with Gasteiger partial charge in [-0.25, -0.2) is 0 Å². The number of hydrogen-bond donors (Lipinski definition) is 0. The predicted octanol–water partition coefficient (Wildman–Crippen LogP) is 1.57. The average molecular weight is 245 g/mol. The first-order valence-electron chi connectivity index (χ1n) is 3.54. The van der Waals surface area contributed by atoms with E-state index in [0.717, 1.165) is 5.32 Å². The summed E-state index contributed by atoms with van der Waals surface area (Å²) in [6.45, 7) is 0. The third-order valence-corrected chi connectivity index (χ3v) is 4.27. The molecule has 1 rings (SSSR count). The monoisotopic (exact) mass is 245 g/mol.